The summed E-state index contributed by atoms with van der Waals surface area (Å²) in [6.07, 6.45) is 6.13. The molecule has 118 valence electrons. The number of hydrogen-bond acceptors (Lipinski definition) is 3. The Hall–Kier alpha value is -2.60. The van der Waals surface area contributed by atoms with Gasteiger partial charge >= 0.3 is 0 Å². The molecule has 2 aromatic heterocycles. The van der Waals surface area contributed by atoms with Gasteiger partial charge in [0.2, 0.25) is 0 Å². The van der Waals surface area contributed by atoms with E-state index in [0.29, 0.717) is 18.7 Å². The van der Waals surface area contributed by atoms with Crippen molar-refractivity contribution >= 4 is 11.6 Å². The Morgan fingerprint density at radius 2 is 2.26 bits per heavy atom. The van der Waals surface area contributed by atoms with Crippen LogP contribution in [-0.4, -0.2) is 33.2 Å². The Balaban J connectivity index is 1.51. The van der Waals surface area contributed by atoms with Crippen molar-refractivity contribution in [2.45, 2.75) is 12.5 Å². The third-order valence-corrected chi connectivity index (χ3v) is 4.32. The number of fused-ring (bicyclic) bond motifs is 2. The van der Waals surface area contributed by atoms with Gasteiger partial charge in [-0.15, -0.1) is 0 Å². The van der Waals surface area contributed by atoms with Gasteiger partial charge in [0.15, 0.2) is 0 Å². The van der Waals surface area contributed by atoms with Crippen LogP contribution in [0.3, 0.4) is 0 Å². The van der Waals surface area contributed by atoms with Crippen LogP contribution in [0.15, 0.2) is 42.9 Å². The third kappa shape index (κ3) is 2.41. The topological polar surface area (TPSA) is 60.6 Å². The normalized spacial score (nSPS) is 17.2. The van der Waals surface area contributed by atoms with Gasteiger partial charge in [-0.25, -0.2) is 4.52 Å². The molecular formula is C17H18N4O2. The highest BCUT2D eigenvalue weighted by molar-refractivity contribution is 5.99. The van der Waals surface area contributed by atoms with E-state index in [4.69, 9.17) is 4.74 Å². The minimum Gasteiger partial charge on any atom is -0.371 e. The van der Waals surface area contributed by atoms with Gasteiger partial charge in [-0.05, 0) is 17.5 Å². The lowest BCUT2D eigenvalue weighted by atomic mass is 9.97. The van der Waals surface area contributed by atoms with Crippen LogP contribution in [-0.2, 0) is 18.2 Å². The molecule has 4 rings (SSSR count). The second-order valence-electron chi connectivity index (χ2n) is 5.75. The Morgan fingerprint density at radius 1 is 1.39 bits per heavy atom. The fourth-order valence-electron chi connectivity index (χ4n) is 3.14. The van der Waals surface area contributed by atoms with E-state index in [2.05, 4.69) is 22.5 Å². The molecule has 6 nitrogen and oxygen atoms in total. The average molecular weight is 310 g/mol. The van der Waals surface area contributed by atoms with Crippen LogP contribution in [0.2, 0.25) is 0 Å². The Morgan fingerprint density at radius 3 is 3.17 bits per heavy atom. The first-order chi connectivity index (χ1) is 11.2. The fraction of sp³-hybridized carbons (Fsp3) is 0.294. The molecule has 1 N–H and O–H groups in total. The zero-order valence-electron chi connectivity index (χ0n) is 12.9. The summed E-state index contributed by atoms with van der Waals surface area (Å²) in [4.78, 5) is 12.5. The molecule has 0 saturated carbocycles. The third-order valence-electron chi connectivity index (χ3n) is 4.32. The maximum atomic E-state index is 12.5. The molecule has 1 atom stereocenters. The highest BCUT2D eigenvalue weighted by Gasteiger charge is 2.22. The van der Waals surface area contributed by atoms with Gasteiger partial charge in [0.05, 0.1) is 12.8 Å². The number of hydrogen-bond donors (Lipinski definition) is 1. The summed E-state index contributed by atoms with van der Waals surface area (Å²) in [6, 6.07) is 8.24. The molecule has 1 aliphatic rings. The number of imidazole rings is 1. The molecule has 1 unspecified atom stereocenters. The highest BCUT2D eigenvalue weighted by atomic mass is 16.5. The van der Waals surface area contributed by atoms with Crippen molar-refractivity contribution < 1.29 is 9.53 Å². The summed E-state index contributed by atoms with van der Waals surface area (Å²) in [7, 11) is 1.90. The Bertz CT molecular complexity index is 864. The van der Waals surface area contributed by atoms with Crippen molar-refractivity contribution in [3.05, 3.63) is 59.5 Å². The lowest BCUT2D eigenvalue weighted by molar-refractivity contribution is 0.0411. The van der Waals surface area contributed by atoms with E-state index in [1.807, 2.05) is 36.1 Å². The molecule has 3 aromatic rings. The van der Waals surface area contributed by atoms with E-state index in [1.54, 1.807) is 10.7 Å². The second kappa shape index (κ2) is 5.55. The quantitative estimate of drug-likeness (QED) is 0.801. The molecule has 1 aliphatic heterocycles. The number of ether oxygens (including phenoxy) is 1. The van der Waals surface area contributed by atoms with Gasteiger partial charge in [0, 0.05) is 26.0 Å². The van der Waals surface area contributed by atoms with Gasteiger partial charge in [-0.3, -0.25) is 4.79 Å². The van der Waals surface area contributed by atoms with Crippen molar-refractivity contribution in [1.29, 1.82) is 0 Å². The van der Waals surface area contributed by atoms with Gasteiger partial charge in [0.25, 0.3) is 5.91 Å². The number of nitrogens with one attached hydrogen (secondary N) is 1. The maximum Gasteiger partial charge on any atom is 0.256 e. The molecule has 0 fully saturated rings. The van der Waals surface area contributed by atoms with E-state index >= 15 is 0 Å². The number of benzene rings is 1. The maximum absolute atomic E-state index is 12.5. The minimum atomic E-state index is -0.131. The van der Waals surface area contributed by atoms with Crippen molar-refractivity contribution in [1.82, 2.24) is 19.5 Å². The van der Waals surface area contributed by atoms with Crippen LogP contribution in [0, 0.1) is 0 Å². The van der Waals surface area contributed by atoms with Gasteiger partial charge in [0.1, 0.15) is 17.3 Å². The van der Waals surface area contributed by atoms with Crippen molar-refractivity contribution in [2.24, 2.45) is 7.05 Å². The van der Waals surface area contributed by atoms with Crippen LogP contribution >= 0.6 is 0 Å². The summed E-state index contributed by atoms with van der Waals surface area (Å²) < 4.78 is 9.41. The Kier molecular flexibility index (Phi) is 3.38. The number of carbonyl (C=O) groups excluding carboxylic acids is 1. The van der Waals surface area contributed by atoms with E-state index in [0.717, 1.165) is 17.6 Å². The molecule has 3 heterocycles. The van der Waals surface area contributed by atoms with Crippen LogP contribution in [0.5, 0.6) is 0 Å². The average Bonchev–Trinajstić information content (AvgIpc) is 3.16. The largest absolute Gasteiger partial charge is 0.371 e. The zero-order chi connectivity index (χ0) is 15.8. The predicted molar refractivity (Wildman–Crippen MR) is 85.3 cm³/mol. The van der Waals surface area contributed by atoms with E-state index < -0.39 is 0 Å². The highest BCUT2D eigenvalue weighted by Crippen LogP contribution is 2.26. The molecule has 1 aromatic carbocycles. The lowest BCUT2D eigenvalue weighted by Gasteiger charge is -2.26. The number of amides is 1. The number of aryl methyl sites for hydroxylation is 1. The molecule has 0 saturated heterocycles. The number of rotatable bonds is 3. The van der Waals surface area contributed by atoms with Gasteiger partial charge in [-0.2, -0.15) is 5.10 Å². The predicted octanol–water partition coefficient (Wildman–Crippen LogP) is 1.72. The van der Waals surface area contributed by atoms with Crippen LogP contribution in [0.25, 0.3) is 5.65 Å². The molecule has 0 aliphatic carbocycles. The summed E-state index contributed by atoms with van der Waals surface area (Å²) in [5.41, 5.74) is 3.82. The number of carbonyl (C=O) groups is 1. The molecular weight excluding hydrogens is 292 g/mol. The lowest BCUT2D eigenvalue weighted by Crippen LogP contribution is -2.31. The first kappa shape index (κ1) is 14.0. The van der Waals surface area contributed by atoms with Crippen molar-refractivity contribution in [3.8, 4) is 0 Å². The summed E-state index contributed by atoms with van der Waals surface area (Å²) in [6.45, 7) is 1.14. The summed E-state index contributed by atoms with van der Waals surface area (Å²) in [5.74, 6) is -0.131. The molecule has 0 bridgehead atoms. The molecule has 23 heavy (non-hydrogen) atoms. The monoisotopic (exact) mass is 310 g/mol. The molecule has 6 heteroatoms. The van der Waals surface area contributed by atoms with E-state index in [1.165, 1.54) is 5.56 Å². The minimum absolute atomic E-state index is 0.0941. The molecule has 0 radical (unpaired) electrons. The fourth-order valence-corrected chi connectivity index (χ4v) is 3.14. The van der Waals surface area contributed by atoms with Crippen LogP contribution in [0.1, 0.15) is 27.6 Å². The van der Waals surface area contributed by atoms with Gasteiger partial charge in [-0.1, -0.05) is 24.3 Å². The van der Waals surface area contributed by atoms with Crippen LogP contribution in [0.4, 0.5) is 0 Å². The number of nitrogens with zero attached hydrogens (tertiary/aromatic N) is 3. The molecule has 0 spiro atoms. The second-order valence-corrected chi connectivity index (χ2v) is 5.75. The van der Waals surface area contributed by atoms with Crippen molar-refractivity contribution in [2.75, 3.05) is 13.2 Å². The van der Waals surface area contributed by atoms with E-state index in [9.17, 15) is 4.79 Å². The van der Waals surface area contributed by atoms with E-state index in [-0.39, 0.29) is 12.0 Å². The van der Waals surface area contributed by atoms with Crippen molar-refractivity contribution in [3.63, 3.8) is 0 Å². The Labute approximate surface area is 133 Å². The standard InChI is InChI=1S/C17H18N4O2/c1-20-7-8-21-17(20)14(10-19-21)16(22)18-11-15-13-5-3-2-4-12(13)6-9-23-15/h2-5,7-8,10,15H,6,9,11H2,1H3,(H,18,22). The SMILES string of the molecule is Cn1ccn2ncc(C(=O)NCC3OCCc4ccccc43)c12. The first-order valence-electron chi connectivity index (χ1n) is 7.70. The van der Waals surface area contributed by atoms with Crippen LogP contribution < -0.4 is 5.32 Å². The zero-order valence-corrected chi connectivity index (χ0v) is 12.9. The summed E-state index contributed by atoms with van der Waals surface area (Å²) in [5, 5.41) is 7.17. The number of aromatic nitrogens is 3. The smallest absolute Gasteiger partial charge is 0.256 e. The summed E-state index contributed by atoms with van der Waals surface area (Å²) >= 11 is 0. The van der Waals surface area contributed by atoms with Gasteiger partial charge < -0.3 is 14.6 Å². The first-order valence-corrected chi connectivity index (χ1v) is 7.70. The molecule has 1 amide bonds.